The Hall–Kier alpha value is -1.51. The average molecular weight is 306 g/mol. The highest BCUT2D eigenvalue weighted by molar-refractivity contribution is 5.71. The second-order valence-corrected chi connectivity index (χ2v) is 5.87. The van der Waals surface area contributed by atoms with Crippen molar-refractivity contribution in [1.82, 2.24) is 0 Å². The number of unbranched alkanes of at least 4 members (excludes halogenated alkanes) is 9. The lowest BCUT2D eigenvalue weighted by molar-refractivity contribution is 0.556. The quantitative estimate of drug-likeness (QED) is 0.306. The molecule has 0 spiro atoms. The molecule has 126 valence electrons. The second-order valence-electron chi connectivity index (χ2n) is 5.87. The van der Waals surface area contributed by atoms with Gasteiger partial charge in [-0.2, -0.15) is 0 Å². The molecule has 1 aromatic carbocycles. The Bertz CT molecular complexity index is 345. The van der Waals surface area contributed by atoms with E-state index in [0.29, 0.717) is 0 Å². The van der Waals surface area contributed by atoms with E-state index in [0.717, 1.165) is 0 Å². The normalized spacial score (nSPS) is 9.86. The number of nitrogens with two attached hydrogens (primary N) is 2. The molecule has 0 fully saturated rings. The van der Waals surface area contributed by atoms with Crippen molar-refractivity contribution in [1.29, 1.82) is 5.41 Å². The highest BCUT2D eigenvalue weighted by atomic mass is 14.9. The van der Waals surface area contributed by atoms with E-state index in [2.05, 4.69) is 48.7 Å². The third kappa shape index (κ3) is 16.5. The molecule has 0 heterocycles. The molecule has 5 N–H and O–H groups in total. The number of aryl methyl sites for hydroxylation is 1. The van der Waals surface area contributed by atoms with Gasteiger partial charge < -0.3 is 11.5 Å². The summed E-state index contributed by atoms with van der Waals surface area (Å²) in [5, 5.41) is 6.06. The highest BCUT2D eigenvalue weighted by Gasteiger charge is 1.94. The molecule has 3 heteroatoms. The van der Waals surface area contributed by atoms with E-state index in [1.54, 1.807) is 0 Å². The Morgan fingerprint density at radius 3 is 1.64 bits per heavy atom. The molecular formula is C19H35N3. The van der Waals surface area contributed by atoms with Gasteiger partial charge in [0.25, 0.3) is 0 Å². The lowest BCUT2D eigenvalue weighted by atomic mass is 10.0. The van der Waals surface area contributed by atoms with Crippen LogP contribution in [-0.4, -0.2) is 5.96 Å². The number of hydrogen-bond donors (Lipinski definition) is 3. The maximum atomic E-state index is 6.06. The van der Waals surface area contributed by atoms with Crippen molar-refractivity contribution in [2.75, 3.05) is 0 Å². The van der Waals surface area contributed by atoms with Crippen LogP contribution in [-0.2, 0) is 6.42 Å². The van der Waals surface area contributed by atoms with Crippen LogP contribution in [0, 0.1) is 5.41 Å². The van der Waals surface area contributed by atoms with Crippen molar-refractivity contribution in [3.63, 3.8) is 0 Å². The summed E-state index contributed by atoms with van der Waals surface area (Å²) in [6, 6.07) is 10.9. The van der Waals surface area contributed by atoms with E-state index in [9.17, 15) is 0 Å². The van der Waals surface area contributed by atoms with Gasteiger partial charge in [0.2, 0.25) is 0 Å². The van der Waals surface area contributed by atoms with Crippen LogP contribution in [0.1, 0.15) is 76.7 Å². The van der Waals surface area contributed by atoms with E-state index in [4.69, 9.17) is 5.41 Å². The monoisotopic (exact) mass is 305 g/mol. The van der Waals surface area contributed by atoms with E-state index in [-0.39, 0.29) is 5.96 Å². The van der Waals surface area contributed by atoms with Crippen molar-refractivity contribution in [3.8, 4) is 0 Å². The third-order valence-electron chi connectivity index (χ3n) is 3.66. The SMILES string of the molecule is CCCCCCCCCCCCc1ccccc1.N=C(N)N. The molecular weight excluding hydrogens is 270 g/mol. The molecule has 0 bridgehead atoms. The van der Waals surface area contributed by atoms with Crippen molar-refractivity contribution in [2.24, 2.45) is 11.5 Å². The largest absolute Gasteiger partial charge is 0.370 e. The zero-order valence-electron chi connectivity index (χ0n) is 14.3. The fourth-order valence-corrected chi connectivity index (χ4v) is 2.46. The summed E-state index contributed by atoms with van der Waals surface area (Å²) in [5.41, 5.74) is 10.4. The van der Waals surface area contributed by atoms with Crippen molar-refractivity contribution >= 4 is 5.96 Å². The lowest BCUT2D eigenvalue weighted by Crippen LogP contribution is -2.20. The molecule has 22 heavy (non-hydrogen) atoms. The van der Waals surface area contributed by atoms with Gasteiger partial charge in [-0.3, -0.25) is 5.41 Å². The number of rotatable bonds is 11. The molecule has 0 amide bonds. The molecule has 0 unspecified atom stereocenters. The number of nitrogens with one attached hydrogen (secondary N) is 1. The van der Waals surface area contributed by atoms with Crippen LogP contribution < -0.4 is 11.5 Å². The summed E-state index contributed by atoms with van der Waals surface area (Å²) in [4.78, 5) is 0. The van der Waals surface area contributed by atoms with Gasteiger partial charge in [-0.25, -0.2) is 0 Å². The first kappa shape index (κ1) is 20.5. The minimum Gasteiger partial charge on any atom is -0.370 e. The molecule has 1 aromatic rings. The fraction of sp³-hybridized carbons (Fsp3) is 0.632. The van der Waals surface area contributed by atoms with E-state index < -0.39 is 0 Å². The predicted molar refractivity (Wildman–Crippen MR) is 98.1 cm³/mol. The molecule has 0 saturated carbocycles. The maximum Gasteiger partial charge on any atom is 0.183 e. The molecule has 0 radical (unpaired) electrons. The topological polar surface area (TPSA) is 75.9 Å². The Kier molecular flexibility index (Phi) is 14.8. The van der Waals surface area contributed by atoms with Gasteiger partial charge in [-0.05, 0) is 18.4 Å². The second kappa shape index (κ2) is 15.9. The lowest BCUT2D eigenvalue weighted by Gasteiger charge is -2.03. The van der Waals surface area contributed by atoms with Crippen LogP contribution in [0.4, 0.5) is 0 Å². The Morgan fingerprint density at radius 2 is 1.18 bits per heavy atom. The summed E-state index contributed by atoms with van der Waals surface area (Å²) in [6.45, 7) is 2.28. The van der Waals surface area contributed by atoms with E-state index >= 15 is 0 Å². The summed E-state index contributed by atoms with van der Waals surface area (Å²) >= 11 is 0. The molecule has 0 saturated heterocycles. The van der Waals surface area contributed by atoms with Gasteiger partial charge in [-0.1, -0.05) is 95.0 Å². The maximum absolute atomic E-state index is 6.06. The van der Waals surface area contributed by atoms with Crippen molar-refractivity contribution in [2.45, 2.75) is 77.6 Å². The summed E-state index contributed by atoms with van der Waals surface area (Å²) in [6.07, 6.45) is 15.5. The number of benzene rings is 1. The zero-order valence-corrected chi connectivity index (χ0v) is 14.3. The van der Waals surface area contributed by atoms with Crippen LogP contribution in [0.2, 0.25) is 0 Å². The van der Waals surface area contributed by atoms with Gasteiger partial charge in [0.15, 0.2) is 5.96 Å². The third-order valence-corrected chi connectivity index (χ3v) is 3.66. The standard InChI is InChI=1S/C18H30.CH5N3/c1-2-3-4-5-6-7-8-9-10-12-15-18-16-13-11-14-17-18;2-1(3)4/h11,13-14,16-17H,2-10,12,15H2,1H3;(H5,2,3,4). The number of hydrogen-bond acceptors (Lipinski definition) is 1. The molecule has 1 rings (SSSR count). The van der Waals surface area contributed by atoms with Crippen LogP contribution in [0.25, 0.3) is 0 Å². The van der Waals surface area contributed by atoms with Gasteiger partial charge in [0, 0.05) is 0 Å². The Labute approximate surface area is 137 Å². The predicted octanol–water partition coefficient (Wildman–Crippen LogP) is 4.99. The van der Waals surface area contributed by atoms with Gasteiger partial charge >= 0.3 is 0 Å². The van der Waals surface area contributed by atoms with E-state index in [1.165, 1.54) is 76.2 Å². The van der Waals surface area contributed by atoms with E-state index in [1.807, 2.05) is 0 Å². The molecule has 0 aliphatic carbocycles. The van der Waals surface area contributed by atoms with Gasteiger partial charge in [0.05, 0.1) is 0 Å². The zero-order chi connectivity index (χ0) is 16.5. The van der Waals surface area contributed by atoms with Crippen LogP contribution in [0.15, 0.2) is 30.3 Å². The molecule has 3 nitrogen and oxygen atoms in total. The smallest absolute Gasteiger partial charge is 0.183 e. The Balaban J connectivity index is 0.000000980. The van der Waals surface area contributed by atoms with Crippen LogP contribution >= 0.6 is 0 Å². The molecule has 0 aliphatic rings. The summed E-state index contributed by atoms with van der Waals surface area (Å²) < 4.78 is 0. The number of guanidine groups is 1. The molecule has 0 atom stereocenters. The van der Waals surface area contributed by atoms with Crippen LogP contribution in [0.5, 0.6) is 0 Å². The first-order valence-electron chi connectivity index (χ1n) is 8.80. The summed E-state index contributed by atoms with van der Waals surface area (Å²) in [5.74, 6) is -0.333. The van der Waals surface area contributed by atoms with Gasteiger partial charge in [0.1, 0.15) is 0 Å². The Morgan fingerprint density at radius 1 is 0.773 bits per heavy atom. The molecule has 0 aromatic heterocycles. The minimum atomic E-state index is -0.333. The van der Waals surface area contributed by atoms with Gasteiger partial charge in [-0.15, -0.1) is 0 Å². The fourth-order valence-electron chi connectivity index (χ4n) is 2.46. The van der Waals surface area contributed by atoms with Crippen molar-refractivity contribution < 1.29 is 0 Å². The summed E-state index contributed by atoms with van der Waals surface area (Å²) in [7, 11) is 0. The first-order chi connectivity index (χ1) is 10.7. The van der Waals surface area contributed by atoms with Crippen molar-refractivity contribution in [3.05, 3.63) is 35.9 Å². The average Bonchev–Trinajstić information content (AvgIpc) is 2.50. The highest BCUT2D eigenvalue weighted by Crippen LogP contribution is 2.12. The van der Waals surface area contributed by atoms with Crippen LogP contribution in [0.3, 0.4) is 0 Å². The molecule has 0 aliphatic heterocycles. The first-order valence-corrected chi connectivity index (χ1v) is 8.80. The minimum absolute atomic E-state index is 0.333.